The second-order valence-electron chi connectivity index (χ2n) is 4.33. The van der Waals surface area contributed by atoms with Crippen LogP contribution in [0.25, 0.3) is 0 Å². The molecule has 18 heavy (non-hydrogen) atoms. The van der Waals surface area contributed by atoms with Crippen molar-refractivity contribution in [2.75, 3.05) is 13.3 Å². The van der Waals surface area contributed by atoms with Crippen molar-refractivity contribution in [3.63, 3.8) is 0 Å². The molecule has 0 saturated carbocycles. The molecule has 0 fully saturated rings. The minimum atomic E-state index is -0.245. The molecule has 0 spiro atoms. The van der Waals surface area contributed by atoms with Crippen LogP contribution in [0.3, 0.4) is 0 Å². The second kappa shape index (κ2) is 5.73. The van der Waals surface area contributed by atoms with Gasteiger partial charge in [0.25, 0.3) is 0 Å². The van der Waals surface area contributed by atoms with E-state index >= 15 is 0 Å². The summed E-state index contributed by atoms with van der Waals surface area (Å²) < 4.78 is 15.5. The summed E-state index contributed by atoms with van der Waals surface area (Å²) in [6.45, 7) is 4.72. The van der Waals surface area contributed by atoms with Gasteiger partial charge >= 0.3 is 5.97 Å². The van der Waals surface area contributed by atoms with Crippen LogP contribution in [-0.4, -0.2) is 25.4 Å². The molecule has 1 aromatic carbocycles. The van der Waals surface area contributed by atoms with Crippen molar-refractivity contribution in [3.05, 3.63) is 23.8 Å². The molecule has 0 saturated heterocycles. The highest BCUT2D eigenvalue weighted by Gasteiger charge is 2.13. The molecule has 0 bridgehead atoms. The quantitative estimate of drug-likeness (QED) is 0.803. The molecular formula is C13H17NO4. The van der Waals surface area contributed by atoms with Crippen LogP contribution in [0, 0.1) is 0 Å². The first kappa shape index (κ1) is 12.7. The largest absolute Gasteiger partial charge is 0.462 e. The van der Waals surface area contributed by atoms with Gasteiger partial charge in [-0.2, -0.15) is 0 Å². The van der Waals surface area contributed by atoms with Gasteiger partial charge in [0, 0.05) is 6.54 Å². The molecule has 1 aliphatic rings. The Labute approximate surface area is 106 Å². The third kappa shape index (κ3) is 3.37. The Morgan fingerprint density at radius 3 is 2.94 bits per heavy atom. The zero-order valence-corrected chi connectivity index (χ0v) is 10.6. The van der Waals surface area contributed by atoms with E-state index in [1.165, 1.54) is 0 Å². The van der Waals surface area contributed by atoms with Crippen molar-refractivity contribution in [2.45, 2.75) is 26.5 Å². The lowest BCUT2D eigenvalue weighted by molar-refractivity contribution is -0.146. The SMILES string of the molecule is CC(C)OC(=O)CNCc1ccc2c(c1)OCO2. The number of carbonyl (C=O) groups is 1. The standard InChI is InChI=1S/C13H17NO4/c1-9(2)18-13(15)7-14-6-10-3-4-11-12(5-10)17-8-16-11/h3-5,9,14H,6-8H2,1-2H3. The van der Waals surface area contributed by atoms with E-state index in [4.69, 9.17) is 14.2 Å². The smallest absolute Gasteiger partial charge is 0.320 e. The van der Waals surface area contributed by atoms with Crippen LogP contribution >= 0.6 is 0 Å². The van der Waals surface area contributed by atoms with Gasteiger partial charge in [0.1, 0.15) is 0 Å². The van der Waals surface area contributed by atoms with Crippen molar-refractivity contribution < 1.29 is 19.0 Å². The Morgan fingerprint density at radius 1 is 1.39 bits per heavy atom. The molecule has 0 aliphatic carbocycles. The van der Waals surface area contributed by atoms with Crippen molar-refractivity contribution in [2.24, 2.45) is 0 Å². The van der Waals surface area contributed by atoms with E-state index < -0.39 is 0 Å². The van der Waals surface area contributed by atoms with Crippen molar-refractivity contribution >= 4 is 5.97 Å². The zero-order chi connectivity index (χ0) is 13.0. The van der Waals surface area contributed by atoms with Crippen molar-refractivity contribution in [1.82, 2.24) is 5.32 Å². The summed E-state index contributed by atoms with van der Waals surface area (Å²) in [7, 11) is 0. The lowest BCUT2D eigenvalue weighted by Gasteiger charge is -2.09. The van der Waals surface area contributed by atoms with Gasteiger partial charge in [-0.1, -0.05) is 6.07 Å². The Balaban J connectivity index is 1.78. The first-order valence-corrected chi connectivity index (χ1v) is 5.94. The van der Waals surface area contributed by atoms with Gasteiger partial charge in [-0.05, 0) is 31.5 Å². The van der Waals surface area contributed by atoms with Gasteiger partial charge in [-0.25, -0.2) is 0 Å². The molecule has 0 amide bonds. The van der Waals surface area contributed by atoms with Gasteiger partial charge in [0.2, 0.25) is 6.79 Å². The molecule has 5 heteroatoms. The Morgan fingerprint density at radius 2 is 2.17 bits per heavy atom. The molecule has 2 rings (SSSR count). The molecule has 0 unspecified atom stereocenters. The van der Waals surface area contributed by atoms with E-state index in [9.17, 15) is 4.79 Å². The third-order valence-corrected chi connectivity index (χ3v) is 2.40. The van der Waals surface area contributed by atoms with Gasteiger partial charge in [0.05, 0.1) is 12.6 Å². The molecular weight excluding hydrogens is 234 g/mol. The summed E-state index contributed by atoms with van der Waals surface area (Å²) in [5.41, 5.74) is 1.04. The van der Waals surface area contributed by atoms with Crippen LogP contribution in [0.15, 0.2) is 18.2 Å². The highest BCUT2D eigenvalue weighted by Crippen LogP contribution is 2.32. The third-order valence-electron chi connectivity index (χ3n) is 2.40. The van der Waals surface area contributed by atoms with Crippen molar-refractivity contribution in [3.8, 4) is 11.5 Å². The summed E-state index contributed by atoms with van der Waals surface area (Å²) in [4.78, 5) is 11.3. The molecule has 0 aromatic heterocycles. The molecule has 5 nitrogen and oxygen atoms in total. The van der Waals surface area contributed by atoms with Crippen LogP contribution < -0.4 is 14.8 Å². The maximum atomic E-state index is 11.3. The molecule has 1 aromatic rings. The number of hydrogen-bond acceptors (Lipinski definition) is 5. The summed E-state index contributed by atoms with van der Waals surface area (Å²) in [5.74, 6) is 1.27. The maximum Gasteiger partial charge on any atom is 0.320 e. The van der Waals surface area contributed by atoms with E-state index in [2.05, 4.69) is 5.32 Å². The Hall–Kier alpha value is -1.75. The molecule has 1 N–H and O–H groups in total. The monoisotopic (exact) mass is 251 g/mol. The normalized spacial score (nSPS) is 12.8. The first-order chi connectivity index (χ1) is 8.65. The van der Waals surface area contributed by atoms with Crippen LogP contribution in [-0.2, 0) is 16.1 Å². The summed E-state index contributed by atoms with van der Waals surface area (Å²) in [5, 5.41) is 3.03. The fourth-order valence-corrected chi connectivity index (χ4v) is 1.66. The molecule has 98 valence electrons. The van der Waals surface area contributed by atoms with E-state index in [0.717, 1.165) is 17.1 Å². The number of fused-ring (bicyclic) bond motifs is 1. The van der Waals surface area contributed by atoms with E-state index in [0.29, 0.717) is 6.54 Å². The van der Waals surface area contributed by atoms with Gasteiger partial charge in [-0.15, -0.1) is 0 Å². The summed E-state index contributed by atoms with van der Waals surface area (Å²) in [6.07, 6.45) is -0.0788. The summed E-state index contributed by atoms with van der Waals surface area (Å²) >= 11 is 0. The maximum absolute atomic E-state index is 11.3. The fourth-order valence-electron chi connectivity index (χ4n) is 1.66. The fraction of sp³-hybridized carbons (Fsp3) is 0.462. The Bertz CT molecular complexity index is 431. The number of esters is 1. The van der Waals surface area contributed by atoms with Gasteiger partial charge in [0.15, 0.2) is 11.5 Å². The van der Waals surface area contributed by atoms with E-state index in [-0.39, 0.29) is 25.4 Å². The van der Waals surface area contributed by atoms with Gasteiger partial charge < -0.3 is 19.5 Å². The predicted molar refractivity (Wildman–Crippen MR) is 65.5 cm³/mol. The minimum Gasteiger partial charge on any atom is -0.462 e. The van der Waals surface area contributed by atoms with E-state index in [1.54, 1.807) is 0 Å². The van der Waals surface area contributed by atoms with Crippen LogP contribution in [0.2, 0.25) is 0 Å². The molecule has 1 aliphatic heterocycles. The number of ether oxygens (including phenoxy) is 3. The predicted octanol–water partition coefficient (Wildman–Crippen LogP) is 1.46. The summed E-state index contributed by atoms with van der Waals surface area (Å²) in [6, 6.07) is 5.71. The number of benzene rings is 1. The first-order valence-electron chi connectivity index (χ1n) is 5.94. The highest BCUT2D eigenvalue weighted by molar-refractivity contribution is 5.71. The van der Waals surface area contributed by atoms with Crippen LogP contribution in [0.1, 0.15) is 19.4 Å². The van der Waals surface area contributed by atoms with Gasteiger partial charge in [-0.3, -0.25) is 4.79 Å². The highest BCUT2D eigenvalue weighted by atomic mass is 16.7. The lowest BCUT2D eigenvalue weighted by Crippen LogP contribution is -2.26. The topological polar surface area (TPSA) is 56.8 Å². The van der Waals surface area contributed by atoms with Crippen molar-refractivity contribution in [1.29, 1.82) is 0 Å². The Kier molecular flexibility index (Phi) is 4.04. The molecule has 1 heterocycles. The van der Waals surface area contributed by atoms with E-state index in [1.807, 2.05) is 32.0 Å². The molecule has 0 atom stereocenters. The average molecular weight is 251 g/mol. The number of rotatable bonds is 5. The number of nitrogens with one attached hydrogen (secondary N) is 1. The lowest BCUT2D eigenvalue weighted by atomic mass is 10.2. The molecule has 0 radical (unpaired) electrons. The second-order valence-corrected chi connectivity index (χ2v) is 4.33. The van der Waals surface area contributed by atoms with Crippen LogP contribution in [0.4, 0.5) is 0 Å². The number of carbonyl (C=O) groups excluding carboxylic acids is 1. The minimum absolute atomic E-state index is 0.0788. The zero-order valence-electron chi connectivity index (χ0n) is 10.6. The van der Waals surface area contributed by atoms with Crippen LogP contribution in [0.5, 0.6) is 11.5 Å². The number of hydrogen-bond donors (Lipinski definition) is 1. The average Bonchev–Trinajstić information content (AvgIpc) is 2.75.